The molecule has 1 unspecified atom stereocenters. The van der Waals surface area contributed by atoms with E-state index in [1.165, 1.54) is 10.9 Å². The highest BCUT2D eigenvalue weighted by Gasteiger charge is 2.22. The quantitative estimate of drug-likeness (QED) is 0.288. The molecule has 0 spiro atoms. The molecule has 9 nitrogen and oxygen atoms in total. The van der Waals surface area contributed by atoms with Crippen molar-refractivity contribution < 1.29 is 4.74 Å². The third kappa shape index (κ3) is 5.21. The van der Waals surface area contributed by atoms with Crippen LogP contribution in [0.25, 0.3) is 16.6 Å². The smallest absolute Gasteiger partial charge is 0.267 e. The summed E-state index contributed by atoms with van der Waals surface area (Å²) >= 11 is 12.9. The molecule has 0 amide bonds. The first-order valence-corrected chi connectivity index (χ1v) is 12.5. The highest BCUT2D eigenvalue weighted by Crippen LogP contribution is 2.29. The molecule has 5 aromatic rings. The number of fused-ring (bicyclic) bond motifs is 1. The second kappa shape index (κ2) is 11.0. The molecule has 0 bridgehead atoms. The molecule has 11 heteroatoms. The first-order valence-electron chi connectivity index (χ1n) is 11.7. The number of ether oxygens (including phenoxy) is 1. The van der Waals surface area contributed by atoms with Gasteiger partial charge in [0.2, 0.25) is 0 Å². The summed E-state index contributed by atoms with van der Waals surface area (Å²) in [4.78, 5) is 31.3. The van der Waals surface area contributed by atoms with E-state index in [1.54, 1.807) is 37.6 Å². The maximum absolute atomic E-state index is 13.8. The number of pyridine rings is 1. The Labute approximate surface area is 233 Å². The fraction of sp³-hybridized carbons (Fsp3) is 0.107. The maximum Gasteiger partial charge on any atom is 0.267 e. The molecule has 5 rings (SSSR count). The monoisotopic (exact) mass is 557 g/mol. The highest BCUT2D eigenvalue weighted by atomic mass is 35.5. The molecule has 2 aromatic carbocycles. The zero-order valence-corrected chi connectivity index (χ0v) is 22.3. The number of anilines is 2. The van der Waals surface area contributed by atoms with E-state index >= 15 is 0 Å². The van der Waals surface area contributed by atoms with E-state index in [1.807, 2.05) is 37.3 Å². The number of nitrogens with one attached hydrogen (secondary N) is 1. The van der Waals surface area contributed by atoms with Gasteiger partial charge in [-0.2, -0.15) is 0 Å². The molecule has 0 radical (unpaired) electrons. The van der Waals surface area contributed by atoms with E-state index in [4.69, 9.17) is 38.7 Å². The third-order valence-electron chi connectivity index (χ3n) is 5.87. The molecule has 0 aliphatic carbocycles. The van der Waals surface area contributed by atoms with Crippen LogP contribution in [0.2, 0.25) is 10.0 Å². The summed E-state index contributed by atoms with van der Waals surface area (Å²) < 4.78 is 6.64. The number of halogens is 2. The summed E-state index contributed by atoms with van der Waals surface area (Å²) in [7, 11) is 1.56. The third-order valence-corrected chi connectivity index (χ3v) is 6.49. The molecule has 3 aromatic heterocycles. The van der Waals surface area contributed by atoms with Crippen LogP contribution in [0.1, 0.15) is 30.0 Å². The number of aromatic nitrogens is 5. The van der Waals surface area contributed by atoms with Crippen LogP contribution in [0.5, 0.6) is 5.75 Å². The summed E-state index contributed by atoms with van der Waals surface area (Å²) in [6.45, 7) is 1.84. The van der Waals surface area contributed by atoms with E-state index in [2.05, 4.69) is 32.1 Å². The minimum absolute atomic E-state index is 0.183. The minimum Gasteiger partial charge on any atom is -0.495 e. The van der Waals surface area contributed by atoms with Crippen molar-refractivity contribution in [3.05, 3.63) is 105 Å². The van der Waals surface area contributed by atoms with Gasteiger partial charge in [0.25, 0.3) is 5.56 Å². The van der Waals surface area contributed by atoms with Gasteiger partial charge in [0.05, 0.1) is 46.0 Å². The van der Waals surface area contributed by atoms with Crippen LogP contribution in [0.4, 0.5) is 11.6 Å². The topological polar surface area (TPSA) is 121 Å². The second-order valence-corrected chi connectivity index (χ2v) is 9.20. The van der Waals surface area contributed by atoms with Crippen molar-refractivity contribution in [2.75, 3.05) is 18.2 Å². The highest BCUT2D eigenvalue weighted by molar-refractivity contribution is 6.39. The molecular weight excluding hydrogens is 537 g/mol. The molecule has 194 valence electrons. The maximum atomic E-state index is 13.8. The Morgan fingerprint density at radius 2 is 1.77 bits per heavy atom. The molecule has 0 aliphatic heterocycles. The summed E-state index contributed by atoms with van der Waals surface area (Å²) in [6.07, 6.45) is 2.90. The van der Waals surface area contributed by atoms with Gasteiger partial charge in [-0.1, -0.05) is 47.3 Å². The lowest BCUT2D eigenvalue weighted by atomic mass is 10.2. The summed E-state index contributed by atoms with van der Waals surface area (Å²) in [5.41, 5.74) is 7.62. The largest absolute Gasteiger partial charge is 0.495 e. The van der Waals surface area contributed by atoms with Gasteiger partial charge in [-0.25, -0.2) is 19.9 Å². The zero-order chi connectivity index (χ0) is 27.5. The lowest BCUT2D eigenvalue weighted by Crippen LogP contribution is -2.28. The average Bonchev–Trinajstić information content (AvgIpc) is 2.95. The second-order valence-electron chi connectivity index (χ2n) is 8.38. The molecule has 3 heterocycles. The number of nitrogen functional groups attached to an aromatic ring is 1. The van der Waals surface area contributed by atoms with Crippen molar-refractivity contribution in [2.24, 2.45) is 0 Å². The fourth-order valence-corrected chi connectivity index (χ4v) is 4.39. The van der Waals surface area contributed by atoms with Gasteiger partial charge in [0.15, 0.2) is 0 Å². The van der Waals surface area contributed by atoms with E-state index in [0.29, 0.717) is 44.9 Å². The summed E-state index contributed by atoms with van der Waals surface area (Å²) in [6, 6.07) is 15.3. The molecule has 3 N–H and O–H groups in total. The van der Waals surface area contributed by atoms with Crippen molar-refractivity contribution in [1.82, 2.24) is 24.5 Å². The number of nitrogens with zero attached hydrogens (tertiary/aromatic N) is 5. The van der Waals surface area contributed by atoms with Crippen LogP contribution in [-0.4, -0.2) is 31.6 Å². The molecule has 0 saturated carbocycles. The Kier molecular flexibility index (Phi) is 7.32. The van der Waals surface area contributed by atoms with Crippen LogP contribution < -0.4 is 21.3 Å². The van der Waals surface area contributed by atoms with Crippen LogP contribution in [0.15, 0.2) is 71.9 Å². The summed E-state index contributed by atoms with van der Waals surface area (Å²) in [5, 5.41) is 4.09. The molecule has 0 aliphatic rings. The first kappa shape index (κ1) is 26.0. The van der Waals surface area contributed by atoms with Crippen molar-refractivity contribution in [1.29, 1.82) is 0 Å². The number of rotatable bonds is 5. The molecule has 0 fully saturated rings. The fourth-order valence-electron chi connectivity index (χ4n) is 3.95. The van der Waals surface area contributed by atoms with Gasteiger partial charge in [0, 0.05) is 0 Å². The number of para-hydroxylation sites is 1. The molecule has 0 saturated heterocycles. The lowest BCUT2D eigenvalue weighted by molar-refractivity contribution is 0.413. The molecule has 39 heavy (non-hydrogen) atoms. The molecular formula is C28H21Cl2N7O2. The van der Waals surface area contributed by atoms with Gasteiger partial charge in [-0.3, -0.25) is 9.36 Å². The van der Waals surface area contributed by atoms with Gasteiger partial charge in [-0.05, 0) is 49.2 Å². The number of nitrogens with two attached hydrogens (primary N) is 1. The Hall–Kier alpha value is -4.65. The van der Waals surface area contributed by atoms with E-state index in [-0.39, 0.29) is 21.8 Å². The van der Waals surface area contributed by atoms with E-state index < -0.39 is 6.04 Å². The van der Waals surface area contributed by atoms with E-state index in [9.17, 15) is 4.79 Å². The van der Waals surface area contributed by atoms with Crippen LogP contribution in [0, 0.1) is 11.8 Å². The normalized spacial score (nSPS) is 11.5. The number of hydrogen-bond acceptors (Lipinski definition) is 8. The van der Waals surface area contributed by atoms with Crippen molar-refractivity contribution in [3.8, 4) is 23.3 Å². The van der Waals surface area contributed by atoms with Crippen molar-refractivity contribution in [2.45, 2.75) is 13.0 Å². The van der Waals surface area contributed by atoms with Gasteiger partial charge in [0.1, 0.15) is 40.8 Å². The average molecular weight is 558 g/mol. The van der Waals surface area contributed by atoms with Crippen molar-refractivity contribution >= 4 is 45.7 Å². The predicted octanol–water partition coefficient (Wildman–Crippen LogP) is 5.04. The zero-order valence-electron chi connectivity index (χ0n) is 20.8. The van der Waals surface area contributed by atoms with Gasteiger partial charge in [-0.15, -0.1) is 0 Å². The number of methoxy groups -OCH3 is 1. The Bertz CT molecular complexity index is 1800. The summed E-state index contributed by atoms with van der Waals surface area (Å²) in [5.74, 6) is 7.52. The van der Waals surface area contributed by atoms with Crippen LogP contribution in [-0.2, 0) is 0 Å². The Morgan fingerprint density at radius 3 is 2.49 bits per heavy atom. The van der Waals surface area contributed by atoms with Crippen LogP contribution >= 0.6 is 23.2 Å². The lowest BCUT2D eigenvalue weighted by Gasteiger charge is -2.21. The molecule has 1 atom stereocenters. The number of benzene rings is 2. The van der Waals surface area contributed by atoms with Crippen LogP contribution in [0.3, 0.4) is 0 Å². The van der Waals surface area contributed by atoms with Gasteiger partial charge < -0.3 is 15.8 Å². The SMILES string of the molecule is COc1ccc(C#Cc2c(N)ncnc2NC(C)c2nc3c(Cl)ccc(Cl)c3c(=O)n2-c2ccccc2)nc1. The minimum atomic E-state index is -0.550. The Balaban J connectivity index is 1.61. The standard InChI is InChI=1S/C28H21Cl2N7O2/c1-16(35-26-20(25(31)33-15-34-26)11-9-17-8-10-19(39-2)14-32-17)27-36-24-22(30)13-12-21(29)23(24)28(38)37(27)18-6-4-3-5-7-18/h3-8,10,12-16H,1-2H3,(H3,31,33,34,35). The van der Waals surface area contributed by atoms with Gasteiger partial charge >= 0.3 is 0 Å². The van der Waals surface area contributed by atoms with E-state index in [0.717, 1.165) is 0 Å². The van der Waals surface area contributed by atoms with Crippen molar-refractivity contribution in [3.63, 3.8) is 0 Å². The predicted molar refractivity (Wildman–Crippen MR) is 153 cm³/mol. The Morgan fingerprint density at radius 1 is 1.00 bits per heavy atom. The number of hydrogen-bond donors (Lipinski definition) is 2. The first-order chi connectivity index (χ1) is 18.9.